The minimum atomic E-state index is -0.755. The van der Waals surface area contributed by atoms with Gasteiger partial charge in [-0.05, 0) is 133 Å². The summed E-state index contributed by atoms with van der Waals surface area (Å²) in [6.45, 7) is 17.9. The van der Waals surface area contributed by atoms with Gasteiger partial charge in [0.05, 0.1) is 30.4 Å². The Morgan fingerprint density at radius 2 is 1.25 bits per heavy atom. The second-order valence-corrected chi connectivity index (χ2v) is 17.1. The smallest absolute Gasteiger partial charge is 0.421 e. The second-order valence-electron chi connectivity index (χ2n) is 15.9. The van der Waals surface area contributed by atoms with Crippen LogP contribution in [0.4, 0.5) is 26.3 Å². The van der Waals surface area contributed by atoms with Crippen molar-refractivity contribution in [1.29, 1.82) is 0 Å². The van der Waals surface area contributed by atoms with Crippen LogP contribution in [0.15, 0.2) is 79.1 Å². The van der Waals surface area contributed by atoms with E-state index in [4.69, 9.17) is 19.9 Å². The van der Waals surface area contributed by atoms with Gasteiger partial charge in [0.1, 0.15) is 16.8 Å². The van der Waals surface area contributed by atoms with Gasteiger partial charge < -0.3 is 25.1 Å². The number of aliphatic hydroxyl groups excluding tert-OH is 1. The number of hydrogen-bond acceptors (Lipinski definition) is 10. The molecule has 1 amide bonds. The molecule has 4 N–H and O–H groups in total. The highest BCUT2D eigenvalue weighted by Gasteiger charge is 2.27. The molecule has 0 aliphatic heterocycles. The number of imidazole rings is 2. The normalized spacial score (nSPS) is 11.4. The van der Waals surface area contributed by atoms with Gasteiger partial charge in [-0.25, -0.2) is 33.5 Å². The average molecular weight is 889 g/mol. The van der Waals surface area contributed by atoms with Crippen LogP contribution >= 0.6 is 22.6 Å². The Morgan fingerprint density at radius 3 is 1.77 bits per heavy atom. The molecule has 0 fully saturated rings. The Kier molecular flexibility index (Phi) is 14.0. The maximum atomic E-state index is 13.1. The van der Waals surface area contributed by atoms with Crippen LogP contribution in [-0.2, 0) is 20.8 Å². The minimum Gasteiger partial charge on any atom is -0.444 e. The number of nitrogens with one attached hydrogen (secondary N) is 1. The first-order valence-corrected chi connectivity index (χ1v) is 19.1. The second kappa shape index (κ2) is 18.1. The SMILES string of the molecule is CC(C)(C)OC(=O)n1c(-c2ccc(I)cc2)cnc1N.Cc1cc(CO)ccc1C#Cc1ccc(-c2cnc(NC(=O)OC(C)(C)C)n2C(=O)OC(C)(C)C)cc1. The van der Waals surface area contributed by atoms with Gasteiger partial charge in [0, 0.05) is 25.8 Å². The third kappa shape index (κ3) is 12.9. The third-order valence-electron chi connectivity index (χ3n) is 7.45. The van der Waals surface area contributed by atoms with Gasteiger partial charge in [-0.15, -0.1) is 0 Å². The van der Waals surface area contributed by atoms with Crippen LogP contribution in [0.2, 0.25) is 0 Å². The van der Waals surface area contributed by atoms with Crippen molar-refractivity contribution in [2.75, 3.05) is 11.1 Å². The summed E-state index contributed by atoms with van der Waals surface area (Å²) in [5.74, 6) is 6.40. The number of nitrogens with two attached hydrogens (primary N) is 1. The summed E-state index contributed by atoms with van der Waals surface area (Å²) < 4.78 is 19.8. The largest absolute Gasteiger partial charge is 0.444 e. The number of halogens is 1. The van der Waals surface area contributed by atoms with Gasteiger partial charge in [-0.3, -0.25) is 5.32 Å². The van der Waals surface area contributed by atoms with Crippen molar-refractivity contribution >= 4 is 52.8 Å². The van der Waals surface area contributed by atoms with Crippen LogP contribution in [0.1, 0.15) is 84.6 Å². The molecule has 0 aliphatic carbocycles. The van der Waals surface area contributed by atoms with Crippen molar-refractivity contribution in [3.63, 3.8) is 0 Å². The lowest BCUT2D eigenvalue weighted by Crippen LogP contribution is -2.31. The predicted octanol–water partition coefficient (Wildman–Crippen LogP) is 9.40. The molecule has 5 aromatic rings. The maximum absolute atomic E-state index is 13.1. The molecule has 0 bridgehead atoms. The van der Waals surface area contributed by atoms with Gasteiger partial charge in [0.25, 0.3) is 0 Å². The lowest BCUT2D eigenvalue weighted by Gasteiger charge is -2.22. The number of rotatable bonds is 4. The number of benzene rings is 3. The summed E-state index contributed by atoms with van der Waals surface area (Å²) >= 11 is 2.22. The number of aromatic nitrogens is 4. The zero-order chi connectivity index (χ0) is 42.3. The molecule has 5 rings (SSSR count). The fourth-order valence-electron chi connectivity index (χ4n) is 5.05. The van der Waals surface area contributed by atoms with E-state index in [1.807, 2.05) is 94.4 Å². The van der Waals surface area contributed by atoms with Crippen LogP contribution in [0.3, 0.4) is 0 Å². The third-order valence-corrected chi connectivity index (χ3v) is 8.17. The molecule has 3 aromatic carbocycles. The minimum absolute atomic E-state index is 0.00903. The van der Waals surface area contributed by atoms with Crippen LogP contribution in [0.25, 0.3) is 22.5 Å². The van der Waals surface area contributed by atoms with Crippen LogP contribution in [-0.4, -0.2) is 59.3 Å². The summed E-state index contributed by atoms with van der Waals surface area (Å²) in [5, 5.41) is 11.8. The van der Waals surface area contributed by atoms with E-state index >= 15 is 0 Å². The van der Waals surface area contributed by atoms with Crippen molar-refractivity contribution in [3.05, 3.63) is 105 Å². The Hall–Kier alpha value is -5.66. The van der Waals surface area contributed by atoms with Gasteiger partial charge in [-0.1, -0.05) is 48.2 Å². The molecule has 14 heteroatoms. The zero-order valence-corrected chi connectivity index (χ0v) is 36.0. The molecule has 0 aliphatic rings. The van der Waals surface area contributed by atoms with Gasteiger partial charge in [0.15, 0.2) is 0 Å². The van der Waals surface area contributed by atoms with E-state index in [2.05, 4.69) is 49.7 Å². The number of amides is 1. The van der Waals surface area contributed by atoms with Crippen molar-refractivity contribution in [1.82, 2.24) is 19.1 Å². The Balaban J connectivity index is 0.000000302. The molecule has 300 valence electrons. The monoisotopic (exact) mass is 888 g/mol. The van der Waals surface area contributed by atoms with Crippen molar-refractivity contribution in [2.24, 2.45) is 0 Å². The van der Waals surface area contributed by atoms with Crippen LogP contribution in [0, 0.1) is 22.3 Å². The number of aliphatic hydroxyl groups is 1. The molecule has 57 heavy (non-hydrogen) atoms. The lowest BCUT2D eigenvalue weighted by atomic mass is 10.0. The molecule has 0 atom stereocenters. The summed E-state index contributed by atoms with van der Waals surface area (Å²) in [6, 6.07) is 20.7. The molecular weight excluding hydrogens is 839 g/mol. The van der Waals surface area contributed by atoms with Crippen molar-refractivity contribution in [2.45, 2.75) is 92.6 Å². The van der Waals surface area contributed by atoms with E-state index in [0.29, 0.717) is 17.0 Å². The summed E-state index contributed by atoms with van der Waals surface area (Å²) in [4.78, 5) is 45.9. The highest BCUT2D eigenvalue weighted by atomic mass is 127. The highest BCUT2D eigenvalue weighted by Crippen LogP contribution is 2.27. The van der Waals surface area contributed by atoms with Crippen LogP contribution < -0.4 is 11.1 Å². The number of carbonyl (C=O) groups excluding carboxylic acids is 3. The number of carbonyl (C=O) groups is 3. The molecule has 2 aromatic heterocycles. The highest BCUT2D eigenvalue weighted by molar-refractivity contribution is 14.1. The number of hydrogen-bond donors (Lipinski definition) is 3. The summed E-state index contributed by atoms with van der Waals surface area (Å²) in [6.07, 6.45) is 1.12. The summed E-state index contributed by atoms with van der Waals surface area (Å²) in [5.41, 5.74) is 9.82. The maximum Gasteiger partial charge on any atom is 0.421 e. The van der Waals surface area contributed by atoms with Gasteiger partial charge in [-0.2, -0.15) is 0 Å². The molecule has 0 unspecified atom stereocenters. The number of anilines is 2. The van der Waals surface area contributed by atoms with Crippen LogP contribution in [0.5, 0.6) is 0 Å². The fraction of sp³-hybridized carbons (Fsp3) is 0.326. The molecular formula is C43H49IN6O7. The number of aryl methyl sites for hydroxylation is 1. The number of nitrogen functional groups attached to an aromatic ring is 1. The Morgan fingerprint density at radius 1 is 0.737 bits per heavy atom. The number of ether oxygens (including phenoxy) is 3. The van der Waals surface area contributed by atoms with E-state index < -0.39 is 35.1 Å². The lowest BCUT2D eigenvalue weighted by molar-refractivity contribution is 0.0529. The molecule has 13 nitrogen and oxygen atoms in total. The van der Waals surface area contributed by atoms with E-state index in [1.54, 1.807) is 47.7 Å². The first-order chi connectivity index (χ1) is 26.5. The van der Waals surface area contributed by atoms with E-state index in [0.717, 1.165) is 31.4 Å². The topological polar surface area (TPSA) is 173 Å². The molecule has 0 saturated carbocycles. The number of nitrogens with zero attached hydrogens (tertiary/aromatic N) is 4. The summed E-state index contributed by atoms with van der Waals surface area (Å²) in [7, 11) is 0. The van der Waals surface area contributed by atoms with E-state index in [9.17, 15) is 19.5 Å². The Bertz CT molecular complexity index is 2280. The quantitative estimate of drug-likeness (QED) is 0.0897. The van der Waals surface area contributed by atoms with Gasteiger partial charge in [0.2, 0.25) is 11.9 Å². The zero-order valence-electron chi connectivity index (χ0n) is 33.9. The average Bonchev–Trinajstić information content (AvgIpc) is 3.69. The first kappa shape index (κ1) is 44.1. The van der Waals surface area contributed by atoms with Gasteiger partial charge >= 0.3 is 18.3 Å². The van der Waals surface area contributed by atoms with Crippen molar-refractivity contribution in [3.8, 4) is 34.4 Å². The standard InChI is InChI=1S/C29H33N3O5.C14H16IN3O2/c1-19-16-21(18-33)11-13-22(19)12-8-20-9-14-23(15-10-20)24-17-30-25(31-26(34)36-28(2,3)4)32(24)27(35)37-29(5,6)7;1-14(2,3)20-13(19)18-11(8-17-12(18)16)9-4-6-10(15)7-5-9/h9-11,13-17,33H,18H2,1-7H3,(H,30,31,34);4-8H,1-3H3,(H2,16,17). The first-order valence-electron chi connectivity index (χ1n) is 18.0. The van der Waals surface area contributed by atoms with E-state index in [-0.39, 0.29) is 18.5 Å². The molecule has 0 spiro atoms. The molecule has 2 heterocycles. The molecule has 0 radical (unpaired) electrons. The Labute approximate surface area is 347 Å². The van der Waals surface area contributed by atoms with Crippen molar-refractivity contribution < 1.29 is 33.7 Å². The van der Waals surface area contributed by atoms with E-state index in [1.165, 1.54) is 15.3 Å². The predicted molar refractivity (Wildman–Crippen MR) is 229 cm³/mol. The molecule has 0 saturated heterocycles. The fourth-order valence-corrected chi connectivity index (χ4v) is 5.41.